The fourth-order valence-corrected chi connectivity index (χ4v) is 3.00. The molecule has 6 nitrogen and oxygen atoms in total. The molecule has 2 heterocycles. The van der Waals surface area contributed by atoms with Crippen molar-refractivity contribution < 1.29 is 19.4 Å². The molecule has 114 valence electrons. The summed E-state index contributed by atoms with van der Waals surface area (Å²) in [5, 5.41) is 9.26. The zero-order valence-electron chi connectivity index (χ0n) is 12.1. The molecule has 0 aromatic carbocycles. The average molecular weight is 284 g/mol. The van der Waals surface area contributed by atoms with Gasteiger partial charge in [-0.3, -0.25) is 4.79 Å². The average Bonchev–Trinajstić information content (AvgIpc) is 2.94. The van der Waals surface area contributed by atoms with Crippen molar-refractivity contribution in [2.75, 3.05) is 32.8 Å². The van der Waals surface area contributed by atoms with Gasteiger partial charge in [0.1, 0.15) is 5.92 Å². The fraction of sp³-hybridized carbons (Fsp3) is 0.857. The van der Waals surface area contributed by atoms with Gasteiger partial charge in [-0.1, -0.05) is 6.92 Å². The number of likely N-dealkylation sites (tertiary alicyclic amines) is 1. The summed E-state index contributed by atoms with van der Waals surface area (Å²) in [5.41, 5.74) is 0. The smallest absolute Gasteiger partial charge is 0.320 e. The van der Waals surface area contributed by atoms with Crippen LogP contribution in [-0.2, 0) is 9.53 Å². The van der Waals surface area contributed by atoms with E-state index in [2.05, 4.69) is 0 Å². The van der Waals surface area contributed by atoms with E-state index in [1.165, 1.54) is 6.42 Å². The highest BCUT2D eigenvalue weighted by Gasteiger charge is 2.40. The molecule has 2 fully saturated rings. The quantitative estimate of drug-likeness (QED) is 0.847. The molecule has 0 radical (unpaired) electrons. The lowest BCUT2D eigenvalue weighted by atomic mass is 10.0. The standard InChI is InChI=1S/C14H24N2O4/c1-2-6-16(12-10-20-9-11(12)13(17)18)14(19)15-7-4-3-5-8-15/h11-12H,2-10H2,1H3,(H,17,18). The molecule has 0 saturated carbocycles. The van der Waals surface area contributed by atoms with Gasteiger partial charge in [-0.2, -0.15) is 0 Å². The van der Waals surface area contributed by atoms with E-state index in [9.17, 15) is 14.7 Å². The molecular formula is C14H24N2O4. The first-order chi connectivity index (χ1) is 9.65. The van der Waals surface area contributed by atoms with Crippen LogP contribution in [0.15, 0.2) is 0 Å². The number of aliphatic carboxylic acids is 1. The Morgan fingerprint density at radius 1 is 1.25 bits per heavy atom. The number of rotatable bonds is 4. The monoisotopic (exact) mass is 284 g/mol. The van der Waals surface area contributed by atoms with Crippen LogP contribution in [0.3, 0.4) is 0 Å². The van der Waals surface area contributed by atoms with Crippen LogP contribution in [0.1, 0.15) is 32.6 Å². The molecule has 0 aromatic rings. The molecular weight excluding hydrogens is 260 g/mol. The topological polar surface area (TPSA) is 70.1 Å². The van der Waals surface area contributed by atoms with Crippen molar-refractivity contribution in [1.82, 2.24) is 9.80 Å². The lowest BCUT2D eigenvalue weighted by molar-refractivity contribution is -0.142. The maximum absolute atomic E-state index is 12.6. The van der Waals surface area contributed by atoms with E-state index in [1.54, 1.807) is 4.90 Å². The number of urea groups is 1. The molecule has 2 saturated heterocycles. The molecule has 2 amide bonds. The molecule has 0 aromatic heterocycles. The van der Waals surface area contributed by atoms with Crippen LogP contribution >= 0.6 is 0 Å². The minimum Gasteiger partial charge on any atom is -0.481 e. The summed E-state index contributed by atoms with van der Waals surface area (Å²) in [6, 6.07) is -0.352. The van der Waals surface area contributed by atoms with Gasteiger partial charge in [-0.05, 0) is 25.7 Å². The summed E-state index contributed by atoms with van der Waals surface area (Å²) in [7, 11) is 0. The number of carbonyl (C=O) groups excluding carboxylic acids is 1. The van der Waals surface area contributed by atoms with E-state index in [-0.39, 0.29) is 18.7 Å². The van der Waals surface area contributed by atoms with E-state index in [4.69, 9.17) is 4.74 Å². The molecule has 2 aliphatic rings. The van der Waals surface area contributed by atoms with Gasteiger partial charge in [0.15, 0.2) is 0 Å². The first-order valence-corrected chi connectivity index (χ1v) is 7.51. The molecule has 0 spiro atoms. The van der Waals surface area contributed by atoms with Crippen molar-refractivity contribution in [3.8, 4) is 0 Å². The Bertz CT molecular complexity index is 355. The first kappa shape index (κ1) is 15.1. The number of carboxylic acids is 1. The number of hydrogen-bond donors (Lipinski definition) is 1. The van der Waals surface area contributed by atoms with Crippen molar-refractivity contribution >= 4 is 12.0 Å². The highest BCUT2D eigenvalue weighted by atomic mass is 16.5. The van der Waals surface area contributed by atoms with Crippen molar-refractivity contribution in [3.05, 3.63) is 0 Å². The van der Waals surface area contributed by atoms with Gasteiger partial charge >= 0.3 is 12.0 Å². The van der Waals surface area contributed by atoms with Crippen LogP contribution in [0.5, 0.6) is 0 Å². The van der Waals surface area contributed by atoms with Crippen LogP contribution in [0.4, 0.5) is 4.79 Å². The Labute approximate surface area is 119 Å². The number of ether oxygens (including phenoxy) is 1. The Balaban J connectivity index is 2.08. The van der Waals surface area contributed by atoms with Gasteiger partial charge in [0.05, 0.1) is 19.3 Å². The predicted octanol–water partition coefficient (Wildman–Crippen LogP) is 1.40. The number of nitrogens with zero attached hydrogens (tertiary/aromatic N) is 2. The Morgan fingerprint density at radius 3 is 2.55 bits per heavy atom. The van der Waals surface area contributed by atoms with E-state index in [0.717, 1.165) is 32.4 Å². The Morgan fingerprint density at radius 2 is 1.95 bits per heavy atom. The third-order valence-corrected chi connectivity index (χ3v) is 4.10. The number of amides is 2. The van der Waals surface area contributed by atoms with Crippen molar-refractivity contribution in [2.45, 2.75) is 38.6 Å². The maximum Gasteiger partial charge on any atom is 0.320 e. The number of carbonyl (C=O) groups is 2. The summed E-state index contributed by atoms with van der Waals surface area (Å²) in [6.45, 7) is 4.69. The minimum absolute atomic E-state index is 0.0201. The maximum atomic E-state index is 12.6. The van der Waals surface area contributed by atoms with E-state index < -0.39 is 11.9 Å². The highest BCUT2D eigenvalue weighted by molar-refractivity contribution is 5.77. The number of hydrogen-bond acceptors (Lipinski definition) is 3. The van der Waals surface area contributed by atoms with Gasteiger partial charge in [0, 0.05) is 19.6 Å². The van der Waals surface area contributed by atoms with Crippen molar-refractivity contribution in [2.24, 2.45) is 5.92 Å². The molecule has 0 aliphatic carbocycles. The second-order valence-corrected chi connectivity index (χ2v) is 5.57. The van der Waals surface area contributed by atoms with Crippen LogP contribution in [0, 0.1) is 5.92 Å². The summed E-state index contributed by atoms with van der Waals surface area (Å²) >= 11 is 0. The SMILES string of the molecule is CCCN(C(=O)N1CCCCC1)C1COCC1C(=O)O. The lowest BCUT2D eigenvalue weighted by Crippen LogP contribution is -2.53. The minimum atomic E-state index is -0.875. The van der Waals surface area contributed by atoms with Crippen LogP contribution in [-0.4, -0.2) is 65.8 Å². The van der Waals surface area contributed by atoms with Gasteiger partial charge in [0.25, 0.3) is 0 Å². The lowest BCUT2D eigenvalue weighted by Gasteiger charge is -2.36. The normalized spacial score (nSPS) is 26.6. The number of carboxylic acid groups (broad SMARTS) is 1. The molecule has 1 N–H and O–H groups in total. The molecule has 2 atom stereocenters. The van der Waals surface area contributed by atoms with Crippen LogP contribution in [0.25, 0.3) is 0 Å². The van der Waals surface area contributed by atoms with Crippen LogP contribution in [0.2, 0.25) is 0 Å². The van der Waals surface area contributed by atoms with E-state index in [1.807, 2.05) is 11.8 Å². The largest absolute Gasteiger partial charge is 0.481 e. The summed E-state index contributed by atoms with van der Waals surface area (Å²) in [4.78, 5) is 27.5. The first-order valence-electron chi connectivity index (χ1n) is 7.51. The molecule has 0 bridgehead atoms. The van der Waals surface area contributed by atoms with Crippen molar-refractivity contribution in [1.29, 1.82) is 0 Å². The second-order valence-electron chi connectivity index (χ2n) is 5.57. The van der Waals surface area contributed by atoms with Crippen LogP contribution < -0.4 is 0 Å². The molecule has 6 heteroatoms. The van der Waals surface area contributed by atoms with Gasteiger partial charge < -0.3 is 19.6 Å². The van der Waals surface area contributed by atoms with Crippen molar-refractivity contribution in [3.63, 3.8) is 0 Å². The predicted molar refractivity (Wildman–Crippen MR) is 73.5 cm³/mol. The fourth-order valence-electron chi connectivity index (χ4n) is 3.00. The summed E-state index contributed by atoms with van der Waals surface area (Å²) < 4.78 is 5.30. The Hall–Kier alpha value is -1.30. The number of piperidine rings is 1. The van der Waals surface area contributed by atoms with Gasteiger partial charge in [-0.15, -0.1) is 0 Å². The third kappa shape index (κ3) is 3.23. The second kappa shape index (κ2) is 6.92. The third-order valence-electron chi connectivity index (χ3n) is 4.10. The zero-order chi connectivity index (χ0) is 14.5. The highest BCUT2D eigenvalue weighted by Crippen LogP contribution is 2.23. The molecule has 2 unspecified atom stereocenters. The summed E-state index contributed by atoms with van der Waals surface area (Å²) in [5.74, 6) is -1.48. The van der Waals surface area contributed by atoms with Gasteiger partial charge in [-0.25, -0.2) is 4.79 Å². The van der Waals surface area contributed by atoms with E-state index >= 15 is 0 Å². The summed E-state index contributed by atoms with van der Waals surface area (Å²) in [6.07, 6.45) is 4.06. The zero-order valence-corrected chi connectivity index (χ0v) is 12.1. The van der Waals surface area contributed by atoms with Gasteiger partial charge in [0.2, 0.25) is 0 Å². The Kier molecular flexibility index (Phi) is 5.23. The molecule has 20 heavy (non-hydrogen) atoms. The molecule has 2 rings (SSSR count). The molecule has 2 aliphatic heterocycles. The van der Waals surface area contributed by atoms with E-state index in [0.29, 0.717) is 13.2 Å².